The number of hydrogen-bond donors (Lipinski definition) is 1. The van der Waals surface area contributed by atoms with Crippen molar-refractivity contribution in [1.82, 2.24) is 4.90 Å². The molecule has 88 valence electrons. The minimum Gasteiger partial charge on any atom is -0.393 e. The van der Waals surface area contributed by atoms with Gasteiger partial charge in [0.05, 0.1) is 4.99 Å². The van der Waals surface area contributed by atoms with Crippen LogP contribution in [0, 0.1) is 0 Å². The number of nitrogens with zero attached hydrogens (tertiary/aromatic N) is 1. The van der Waals surface area contributed by atoms with E-state index in [1.165, 1.54) is 4.90 Å². The van der Waals surface area contributed by atoms with Crippen molar-refractivity contribution in [3.05, 3.63) is 0 Å². The smallest absolute Gasteiger partial charge is 0.258 e. The van der Waals surface area contributed by atoms with Crippen molar-refractivity contribution in [2.75, 3.05) is 0 Å². The van der Waals surface area contributed by atoms with E-state index in [-0.39, 0.29) is 17.9 Å². The fraction of sp³-hybridized carbons (Fsp3) is 0.700. The molecule has 2 bridgehead atoms. The standard InChI is InChI=1S/C10H14N2O3S/c1-5(4-8(11)16)12-9(13)6-2-3-7(15-6)10(12)14/h5-7H,2-4H2,1H3,(H2,11,16). The van der Waals surface area contributed by atoms with Crippen molar-refractivity contribution in [1.29, 1.82) is 0 Å². The van der Waals surface area contributed by atoms with Gasteiger partial charge in [-0.2, -0.15) is 0 Å². The zero-order chi connectivity index (χ0) is 11.9. The minimum atomic E-state index is -0.448. The van der Waals surface area contributed by atoms with Crippen molar-refractivity contribution >= 4 is 29.0 Å². The van der Waals surface area contributed by atoms with Gasteiger partial charge in [0.2, 0.25) is 0 Å². The molecular weight excluding hydrogens is 228 g/mol. The van der Waals surface area contributed by atoms with Crippen LogP contribution < -0.4 is 5.73 Å². The highest BCUT2D eigenvalue weighted by Gasteiger charge is 2.47. The Morgan fingerprint density at radius 2 is 2.00 bits per heavy atom. The Labute approximate surface area is 98.9 Å². The summed E-state index contributed by atoms with van der Waals surface area (Å²) in [5.74, 6) is -0.495. The van der Waals surface area contributed by atoms with Crippen LogP contribution in [0.5, 0.6) is 0 Å². The summed E-state index contributed by atoms with van der Waals surface area (Å²) in [6, 6.07) is -0.274. The third-order valence-corrected chi connectivity index (χ3v) is 3.15. The lowest BCUT2D eigenvalue weighted by molar-refractivity contribution is -0.170. The molecule has 0 aromatic heterocycles. The van der Waals surface area contributed by atoms with Crippen molar-refractivity contribution in [2.24, 2.45) is 5.73 Å². The number of amides is 2. The highest BCUT2D eigenvalue weighted by molar-refractivity contribution is 7.80. The van der Waals surface area contributed by atoms with E-state index in [1.807, 2.05) is 0 Å². The van der Waals surface area contributed by atoms with Crippen LogP contribution in [0.1, 0.15) is 26.2 Å². The zero-order valence-electron chi connectivity index (χ0n) is 9.01. The Hall–Kier alpha value is -1.01. The van der Waals surface area contributed by atoms with E-state index in [4.69, 9.17) is 22.7 Å². The van der Waals surface area contributed by atoms with Crippen LogP contribution in [-0.2, 0) is 14.3 Å². The molecule has 2 heterocycles. The number of thiocarbonyl (C=S) groups is 1. The molecule has 2 saturated heterocycles. The summed E-state index contributed by atoms with van der Waals surface area (Å²) in [7, 11) is 0. The van der Waals surface area contributed by atoms with Crippen molar-refractivity contribution in [2.45, 2.75) is 44.4 Å². The molecule has 0 aromatic rings. The summed E-state index contributed by atoms with van der Waals surface area (Å²) in [6.45, 7) is 1.78. The number of rotatable bonds is 3. The molecule has 0 radical (unpaired) electrons. The van der Waals surface area contributed by atoms with Gasteiger partial charge in [0.15, 0.2) is 0 Å². The lowest BCUT2D eigenvalue weighted by Crippen LogP contribution is -2.55. The van der Waals surface area contributed by atoms with Gasteiger partial charge in [0.25, 0.3) is 11.8 Å². The molecule has 3 atom stereocenters. The van der Waals surface area contributed by atoms with Crippen molar-refractivity contribution in [3.63, 3.8) is 0 Å². The molecule has 2 N–H and O–H groups in total. The van der Waals surface area contributed by atoms with Crippen LogP contribution in [0.4, 0.5) is 0 Å². The van der Waals surface area contributed by atoms with Gasteiger partial charge >= 0.3 is 0 Å². The van der Waals surface area contributed by atoms with Crippen LogP contribution in [0.25, 0.3) is 0 Å². The molecule has 2 fully saturated rings. The quantitative estimate of drug-likeness (QED) is 0.555. The maximum absolute atomic E-state index is 11.9. The first kappa shape index (κ1) is 11.5. The van der Waals surface area contributed by atoms with E-state index >= 15 is 0 Å². The van der Waals surface area contributed by atoms with Crippen molar-refractivity contribution < 1.29 is 14.3 Å². The summed E-state index contributed by atoms with van der Waals surface area (Å²) in [5, 5.41) is 0. The molecule has 5 nitrogen and oxygen atoms in total. The molecule has 3 unspecified atom stereocenters. The lowest BCUT2D eigenvalue weighted by Gasteiger charge is -2.34. The van der Waals surface area contributed by atoms with Gasteiger partial charge in [0.1, 0.15) is 12.2 Å². The Morgan fingerprint density at radius 1 is 1.50 bits per heavy atom. The fourth-order valence-electron chi connectivity index (χ4n) is 2.24. The van der Waals surface area contributed by atoms with Crippen molar-refractivity contribution in [3.8, 4) is 0 Å². The molecular formula is C10H14N2O3S. The fourth-order valence-corrected chi connectivity index (χ4v) is 2.48. The molecule has 2 amide bonds. The Balaban J connectivity index is 2.16. The first-order valence-electron chi connectivity index (χ1n) is 5.31. The summed E-state index contributed by atoms with van der Waals surface area (Å²) in [4.78, 5) is 25.4. The highest BCUT2D eigenvalue weighted by Crippen LogP contribution is 2.29. The zero-order valence-corrected chi connectivity index (χ0v) is 9.83. The van der Waals surface area contributed by atoms with E-state index in [0.29, 0.717) is 24.3 Å². The average molecular weight is 242 g/mol. The van der Waals surface area contributed by atoms with Gasteiger partial charge in [-0.25, -0.2) is 0 Å². The van der Waals surface area contributed by atoms with Gasteiger partial charge < -0.3 is 10.5 Å². The number of nitrogens with two attached hydrogens (primary N) is 1. The molecule has 0 saturated carbocycles. The van der Waals surface area contributed by atoms with Crippen LogP contribution in [0.15, 0.2) is 0 Å². The number of morpholine rings is 1. The van der Waals surface area contributed by atoms with E-state index in [1.54, 1.807) is 6.92 Å². The number of carbonyl (C=O) groups is 2. The van der Waals surface area contributed by atoms with E-state index in [9.17, 15) is 9.59 Å². The molecule has 2 aliphatic heterocycles. The molecule has 0 spiro atoms. The SMILES string of the molecule is CC(CC(N)=S)N1C(=O)C2CCC(O2)C1=O. The topological polar surface area (TPSA) is 72.6 Å². The summed E-state index contributed by atoms with van der Waals surface area (Å²) < 4.78 is 5.30. The second kappa shape index (κ2) is 4.10. The van der Waals surface area contributed by atoms with Crippen LogP contribution >= 0.6 is 12.2 Å². The number of fused-ring (bicyclic) bond motifs is 2. The molecule has 6 heteroatoms. The molecule has 2 aliphatic rings. The summed E-state index contributed by atoms with van der Waals surface area (Å²) in [5.41, 5.74) is 5.43. The summed E-state index contributed by atoms with van der Waals surface area (Å²) >= 11 is 4.79. The monoisotopic (exact) mass is 242 g/mol. The maximum atomic E-state index is 11.9. The normalized spacial score (nSPS) is 30.7. The number of imide groups is 1. The molecule has 16 heavy (non-hydrogen) atoms. The van der Waals surface area contributed by atoms with Gasteiger partial charge in [0, 0.05) is 12.5 Å². The Morgan fingerprint density at radius 3 is 2.44 bits per heavy atom. The number of hydrogen-bond acceptors (Lipinski definition) is 4. The first-order chi connectivity index (χ1) is 7.50. The van der Waals surface area contributed by atoms with Gasteiger partial charge in [-0.1, -0.05) is 12.2 Å². The van der Waals surface area contributed by atoms with E-state index < -0.39 is 12.2 Å². The predicted octanol–water partition coefficient (Wildman–Crippen LogP) is -0.0325. The second-order valence-corrected chi connectivity index (χ2v) is 4.78. The van der Waals surface area contributed by atoms with Crippen LogP contribution in [0.3, 0.4) is 0 Å². The predicted molar refractivity (Wildman–Crippen MR) is 60.6 cm³/mol. The van der Waals surface area contributed by atoms with E-state index in [0.717, 1.165) is 0 Å². The van der Waals surface area contributed by atoms with Gasteiger partial charge in [-0.3, -0.25) is 14.5 Å². The number of likely N-dealkylation sites (tertiary alicyclic amines) is 1. The third kappa shape index (κ3) is 1.82. The number of carbonyl (C=O) groups excluding carboxylic acids is 2. The molecule has 2 rings (SSSR count). The van der Waals surface area contributed by atoms with Crippen LogP contribution in [-0.4, -0.2) is 40.0 Å². The van der Waals surface area contributed by atoms with Gasteiger partial charge in [-0.05, 0) is 19.8 Å². The lowest BCUT2D eigenvalue weighted by atomic mass is 10.1. The first-order valence-corrected chi connectivity index (χ1v) is 5.72. The van der Waals surface area contributed by atoms with E-state index in [2.05, 4.69) is 0 Å². The summed E-state index contributed by atoms with van der Waals surface area (Å²) in [6.07, 6.45) is 0.733. The minimum absolute atomic E-state index is 0.248. The second-order valence-electron chi connectivity index (χ2n) is 4.26. The Kier molecular flexibility index (Phi) is 2.94. The molecule has 0 aliphatic carbocycles. The largest absolute Gasteiger partial charge is 0.393 e. The van der Waals surface area contributed by atoms with Crippen LogP contribution in [0.2, 0.25) is 0 Å². The van der Waals surface area contributed by atoms with Gasteiger partial charge in [-0.15, -0.1) is 0 Å². The maximum Gasteiger partial charge on any atom is 0.258 e. The highest BCUT2D eigenvalue weighted by atomic mass is 32.1. The number of ether oxygens (including phenoxy) is 1. The Bertz CT molecular complexity index is 336. The molecule has 0 aromatic carbocycles. The third-order valence-electron chi connectivity index (χ3n) is 2.98. The average Bonchev–Trinajstić information content (AvgIpc) is 2.60.